The number of halogens is 1. The van der Waals surface area contributed by atoms with Crippen LogP contribution < -0.4 is 25.7 Å². The van der Waals surface area contributed by atoms with Gasteiger partial charge in [0, 0.05) is 115 Å². The predicted molar refractivity (Wildman–Crippen MR) is 276 cm³/mol. The van der Waals surface area contributed by atoms with Crippen LogP contribution in [0.4, 0.5) is 15.8 Å². The number of hydrazone groups is 1. The maximum Gasteiger partial charge on any atom is 0.333 e. The van der Waals surface area contributed by atoms with Crippen molar-refractivity contribution < 1.29 is 47.5 Å². The summed E-state index contributed by atoms with van der Waals surface area (Å²) in [5.74, 6) is -1.67. The molecule has 0 spiro atoms. The second-order valence-corrected chi connectivity index (χ2v) is 22.1. The molecule has 0 bridgehead atoms. The highest BCUT2D eigenvalue weighted by atomic mass is 33.1. The second kappa shape index (κ2) is 24.3. The molecule has 3 aromatic carbocycles. The molecule has 20 heteroatoms. The molecular formula is C53H59FN8O9S2. The Bertz CT molecular complexity index is 2720. The molecule has 3 fully saturated rings. The van der Waals surface area contributed by atoms with Crippen LogP contribution in [-0.4, -0.2) is 105 Å². The Kier molecular flexibility index (Phi) is 17.5. The maximum atomic E-state index is 15.0. The van der Waals surface area contributed by atoms with Crippen LogP contribution in [0.2, 0.25) is 0 Å². The number of aromatic nitrogens is 1. The number of fused-ring (bicyclic) bond motifs is 1. The lowest BCUT2D eigenvalue weighted by Gasteiger charge is -2.36. The lowest BCUT2D eigenvalue weighted by molar-refractivity contribution is -0.197. The highest BCUT2D eigenvalue weighted by Crippen LogP contribution is 2.47. The lowest BCUT2D eigenvalue weighted by Crippen LogP contribution is -2.48. The molecule has 1 aromatic heterocycles. The summed E-state index contributed by atoms with van der Waals surface area (Å²) < 4.78 is 20.4. The van der Waals surface area contributed by atoms with E-state index >= 15 is 4.39 Å². The van der Waals surface area contributed by atoms with E-state index in [1.54, 1.807) is 58.2 Å². The van der Waals surface area contributed by atoms with Crippen molar-refractivity contribution >= 4 is 80.1 Å². The summed E-state index contributed by atoms with van der Waals surface area (Å²) >= 11 is 0. The van der Waals surface area contributed by atoms with Gasteiger partial charge in [0.25, 0.3) is 17.7 Å². The van der Waals surface area contributed by atoms with Crippen molar-refractivity contribution in [2.75, 3.05) is 48.8 Å². The minimum Gasteiger partial charge on any atom is -0.494 e. The number of carbonyl (C=O) groups is 7. The van der Waals surface area contributed by atoms with E-state index in [2.05, 4.69) is 31.0 Å². The molecule has 2 aliphatic carbocycles. The highest BCUT2D eigenvalue weighted by Gasteiger charge is 2.44. The van der Waals surface area contributed by atoms with E-state index in [0.29, 0.717) is 78.8 Å². The number of nitrogens with one attached hydrogen (secondary N) is 3. The van der Waals surface area contributed by atoms with Gasteiger partial charge in [-0.15, -0.1) is 5.06 Å². The fourth-order valence-corrected chi connectivity index (χ4v) is 11.4. The number of imide groups is 1. The monoisotopic (exact) mass is 1030 g/mol. The Morgan fingerprint density at radius 1 is 0.904 bits per heavy atom. The first-order valence-corrected chi connectivity index (χ1v) is 26.9. The molecule has 384 valence electrons. The Hall–Kier alpha value is -6.80. The van der Waals surface area contributed by atoms with E-state index in [4.69, 9.17) is 9.57 Å². The molecule has 0 radical (unpaired) electrons. The smallest absolute Gasteiger partial charge is 0.333 e. The van der Waals surface area contributed by atoms with Crippen LogP contribution in [0.3, 0.4) is 0 Å². The Morgan fingerprint density at radius 3 is 2.42 bits per heavy atom. The minimum atomic E-state index is -0.668. The van der Waals surface area contributed by atoms with Crippen LogP contribution in [0.5, 0.6) is 5.75 Å². The number of pyridine rings is 1. The van der Waals surface area contributed by atoms with Gasteiger partial charge in [-0.1, -0.05) is 33.7 Å². The van der Waals surface area contributed by atoms with Gasteiger partial charge < -0.3 is 30.0 Å². The average molecular weight is 1040 g/mol. The number of hydrogen-bond acceptors (Lipinski definition) is 14. The van der Waals surface area contributed by atoms with Gasteiger partial charge in [0.05, 0.1) is 18.7 Å². The normalized spacial score (nSPS) is 18.0. The van der Waals surface area contributed by atoms with Crippen LogP contribution >= 0.6 is 21.6 Å². The highest BCUT2D eigenvalue weighted by molar-refractivity contribution is 8.77. The summed E-state index contributed by atoms with van der Waals surface area (Å²) in [6.45, 7) is 6.64. The van der Waals surface area contributed by atoms with Crippen molar-refractivity contribution in [2.45, 2.75) is 95.3 Å². The number of aryl methyl sites for hydroxylation is 1. The third-order valence-electron chi connectivity index (χ3n) is 13.0. The number of anilines is 2. The van der Waals surface area contributed by atoms with Gasteiger partial charge in [-0.2, -0.15) is 5.10 Å². The van der Waals surface area contributed by atoms with E-state index in [-0.39, 0.29) is 74.3 Å². The summed E-state index contributed by atoms with van der Waals surface area (Å²) in [4.78, 5) is 100. The fourth-order valence-electron chi connectivity index (χ4n) is 8.90. The van der Waals surface area contributed by atoms with Crippen LogP contribution in [-0.2, 0) is 46.6 Å². The van der Waals surface area contributed by atoms with Gasteiger partial charge in [0.15, 0.2) is 0 Å². The Balaban J connectivity index is 0.687. The molecule has 1 unspecified atom stereocenters. The molecule has 2 aliphatic heterocycles. The number of rotatable bonds is 21. The fraction of sp³-hybridized carbons (Fsp3) is 0.415. The molecular weight excluding hydrogens is 976 g/mol. The first-order valence-electron chi connectivity index (χ1n) is 24.6. The molecule has 8 rings (SSSR count). The Labute approximate surface area is 431 Å². The molecule has 2 atom stereocenters. The van der Waals surface area contributed by atoms with E-state index < -0.39 is 28.3 Å². The van der Waals surface area contributed by atoms with Gasteiger partial charge in [-0.05, 0) is 124 Å². The second-order valence-electron chi connectivity index (χ2n) is 19.0. The zero-order valence-corrected chi connectivity index (χ0v) is 42.5. The third kappa shape index (κ3) is 14.5. The van der Waals surface area contributed by atoms with E-state index in [0.717, 1.165) is 47.4 Å². The number of hydroxylamine groups is 2. The number of ether oxygens (including phenoxy) is 1. The van der Waals surface area contributed by atoms with Gasteiger partial charge in [-0.25, -0.2) is 14.6 Å². The molecule has 4 aromatic rings. The topological polar surface area (TPSA) is 209 Å². The molecule has 6 amide bonds. The SMILES string of the molecule is CC(C)(CC(=O)N/N=C1\CCCc2cc(OCCCC(=O)ON3C(=O)CCC3=O)ccc21)SSCCC(=O)N1CCN(c2ccc(C(=O)NCc3ccc(NC(=O)C4C[C@@H]4c4cccnc4)cc3F)cc2)CC1. The number of nitrogens with zero attached hydrogens (tertiary/aromatic N) is 5. The van der Waals surface area contributed by atoms with Gasteiger partial charge in [0.1, 0.15) is 11.6 Å². The molecule has 3 N–H and O–H groups in total. The maximum absolute atomic E-state index is 15.0. The molecule has 4 aliphatic rings. The summed E-state index contributed by atoms with van der Waals surface area (Å²) in [6.07, 6.45) is 7.61. The van der Waals surface area contributed by atoms with Crippen molar-refractivity contribution in [2.24, 2.45) is 11.0 Å². The molecule has 73 heavy (non-hydrogen) atoms. The summed E-state index contributed by atoms with van der Waals surface area (Å²) in [5, 5.41) is 10.6. The van der Waals surface area contributed by atoms with E-state index in [1.807, 2.05) is 61.2 Å². The standard InChI is InChI=1S/C53H59FN8O9S2/c1-53(2,31-46(63)59-58-45-8-3-6-35-28-40(16-17-41(35)45)70-26-5-9-50(67)71-62-48(65)18-19-49(62)66)73-72-27-20-47(64)61-24-22-60(23-25-61)39-14-11-34(12-15-39)51(68)56-33-37-10-13-38(29-44(37)54)57-52(69)43-30-42(43)36-7-4-21-55-32-36/h4,7,10-17,21,28-29,32,42-43H,3,5-6,8-9,18-20,22-27,30-31,33H2,1-2H3,(H,56,68)(H,57,69)(H,59,63)/b58-45+/t42-,43?/m1/s1. The van der Waals surface area contributed by atoms with Crippen molar-refractivity contribution in [1.29, 1.82) is 0 Å². The van der Waals surface area contributed by atoms with Crippen molar-refractivity contribution in [1.82, 2.24) is 25.7 Å². The summed E-state index contributed by atoms with van der Waals surface area (Å²) in [7, 11) is 3.14. The third-order valence-corrected chi connectivity index (χ3v) is 16.2. The number of hydrogen-bond donors (Lipinski definition) is 3. The van der Waals surface area contributed by atoms with Crippen LogP contribution in [0.25, 0.3) is 0 Å². The van der Waals surface area contributed by atoms with Crippen molar-refractivity contribution in [3.63, 3.8) is 0 Å². The van der Waals surface area contributed by atoms with E-state index in [9.17, 15) is 33.6 Å². The zero-order chi connectivity index (χ0) is 51.5. The molecule has 2 saturated heterocycles. The van der Waals surface area contributed by atoms with Crippen LogP contribution in [0, 0.1) is 11.7 Å². The molecule has 1 saturated carbocycles. The van der Waals surface area contributed by atoms with Gasteiger partial charge >= 0.3 is 5.97 Å². The minimum absolute atomic E-state index is 0.00850. The zero-order valence-electron chi connectivity index (χ0n) is 40.9. The van der Waals surface area contributed by atoms with Gasteiger partial charge in [-0.3, -0.25) is 33.8 Å². The van der Waals surface area contributed by atoms with Crippen LogP contribution in [0.1, 0.15) is 110 Å². The molecule has 3 heterocycles. The quantitative estimate of drug-likeness (QED) is 0.0330. The number of benzene rings is 3. The Morgan fingerprint density at radius 2 is 1.68 bits per heavy atom. The number of amides is 6. The first-order chi connectivity index (χ1) is 35.2. The van der Waals surface area contributed by atoms with Crippen molar-refractivity contribution in [3.8, 4) is 5.75 Å². The first kappa shape index (κ1) is 52.5. The summed E-state index contributed by atoms with van der Waals surface area (Å²) in [6, 6.07) is 21.1. The number of piperazine rings is 1. The average Bonchev–Trinajstić information content (AvgIpc) is 4.14. The van der Waals surface area contributed by atoms with Gasteiger partial charge in [0.2, 0.25) is 17.7 Å². The predicted octanol–water partition coefficient (Wildman–Crippen LogP) is 7.10. The van der Waals surface area contributed by atoms with Crippen molar-refractivity contribution in [3.05, 3.63) is 119 Å². The number of carbonyl (C=O) groups excluding carboxylic acids is 7. The summed E-state index contributed by atoms with van der Waals surface area (Å²) in [5.41, 5.74) is 8.58. The van der Waals surface area contributed by atoms with Crippen LogP contribution in [0.15, 0.2) is 90.3 Å². The largest absolute Gasteiger partial charge is 0.494 e. The van der Waals surface area contributed by atoms with E-state index in [1.165, 1.54) is 6.07 Å². The lowest BCUT2D eigenvalue weighted by atomic mass is 9.90. The molecule has 17 nitrogen and oxygen atoms in total.